The quantitative estimate of drug-likeness (QED) is 0.758. The molecule has 1 atom stereocenters. The summed E-state index contributed by atoms with van der Waals surface area (Å²) in [5, 5.41) is 4.05. The number of para-hydroxylation sites is 1. The molecule has 1 unspecified atom stereocenters. The van der Waals surface area contributed by atoms with E-state index in [-0.39, 0.29) is 17.7 Å². The number of carbonyl (C=O) groups excluding carboxylic acids is 2. The van der Waals surface area contributed by atoms with Crippen LogP contribution >= 0.6 is 0 Å². The summed E-state index contributed by atoms with van der Waals surface area (Å²) in [5.74, 6) is 0.104. The molecule has 2 aliphatic heterocycles. The summed E-state index contributed by atoms with van der Waals surface area (Å²) < 4.78 is 0. The first-order chi connectivity index (χ1) is 13.2. The van der Waals surface area contributed by atoms with Crippen molar-refractivity contribution < 1.29 is 9.59 Å². The van der Waals surface area contributed by atoms with E-state index in [1.54, 1.807) is 4.90 Å². The molecule has 2 aromatic carbocycles. The molecule has 0 bridgehead atoms. The Hall–Kier alpha value is -3.21. The molecule has 1 saturated heterocycles. The van der Waals surface area contributed by atoms with Crippen LogP contribution in [0.5, 0.6) is 0 Å². The molecule has 0 radical (unpaired) electrons. The first-order valence-electron chi connectivity index (χ1n) is 9.28. The lowest BCUT2D eigenvalue weighted by Crippen LogP contribution is -2.26. The Bertz CT molecular complexity index is 1080. The Morgan fingerprint density at radius 3 is 2.81 bits per heavy atom. The molecule has 5 rings (SSSR count). The zero-order chi connectivity index (χ0) is 18.4. The highest BCUT2D eigenvalue weighted by atomic mass is 16.2. The normalized spacial score (nSPS) is 19.3. The van der Waals surface area contributed by atoms with Crippen molar-refractivity contribution in [3.8, 4) is 0 Å². The predicted molar refractivity (Wildman–Crippen MR) is 105 cm³/mol. The second-order valence-electron chi connectivity index (χ2n) is 7.19. The first kappa shape index (κ1) is 16.0. The summed E-state index contributed by atoms with van der Waals surface area (Å²) >= 11 is 0. The molecule has 0 aliphatic carbocycles. The van der Waals surface area contributed by atoms with Crippen LogP contribution in [-0.2, 0) is 9.59 Å². The number of nitrogens with one attached hydrogen (secondary N) is 1. The van der Waals surface area contributed by atoms with Crippen LogP contribution in [0.4, 0.5) is 11.4 Å². The molecule has 3 heterocycles. The van der Waals surface area contributed by atoms with Crippen LogP contribution in [0, 0.1) is 0 Å². The highest BCUT2D eigenvalue weighted by molar-refractivity contribution is 5.99. The summed E-state index contributed by atoms with van der Waals surface area (Å²) in [6, 6.07) is 16.1. The van der Waals surface area contributed by atoms with E-state index in [0.29, 0.717) is 12.8 Å². The van der Waals surface area contributed by atoms with E-state index >= 15 is 0 Å². The summed E-state index contributed by atoms with van der Waals surface area (Å²) in [7, 11) is 0. The molecule has 1 aromatic heterocycles. The van der Waals surface area contributed by atoms with E-state index < -0.39 is 0 Å². The van der Waals surface area contributed by atoms with E-state index in [4.69, 9.17) is 0 Å². The molecule has 3 aromatic rings. The highest BCUT2D eigenvalue weighted by Gasteiger charge is 2.29. The maximum absolute atomic E-state index is 12.4. The molecule has 1 N–H and O–H groups in total. The lowest BCUT2D eigenvalue weighted by molar-refractivity contribution is -0.117. The molecule has 2 amide bonds. The van der Waals surface area contributed by atoms with Gasteiger partial charge in [0, 0.05) is 48.3 Å². The van der Waals surface area contributed by atoms with Crippen molar-refractivity contribution in [2.45, 2.75) is 25.2 Å². The van der Waals surface area contributed by atoms with Gasteiger partial charge in [-0.3, -0.25) is 14.6 Å². The van der Waals surface area contributed by atoms with Gasteiger partial charge in [0.05, 0.1) is 5.52 Å². The van der Waals surface area contributed by atoms with Crippen LogP contribution in [0.15, 0.2) is 54.7 Å². The number of pyridine rings is 1. The van der Waals surface area contributed by atoms with Crippen molar-refractivity contribution in [3.05, 3.63) is 65.9 Å². The van der Waals surface area contributed by atoms with Gasteiger partial charge < -0.3 is 10.2 Å². The fourth-order valence-corrected chi connectivity index (χ4v) is 4.12. The van der Waals surface area contributed by atoms with Crippen LogP contribution < -0.4 is 10.2 Å². The highest BCUT2D eigenvalue weighted by Crippen LogP contribution is 2.39. The summed E-state index contributed by atoms with van der Waals surface area (Å²) in [4.78, 5) is 30.8. The first-order valence-corrected chi connectivity index (χ1v) is 9.28. The van der Waals surface area contributed by atoms with Crippen molar-refractivity contribution in [2.75, 3.05) is 16.8 Å². The summed E-state index contributed by atoms with van der Waals surface area (Å²) in [6.07, 6.45) is 3.74. The van der Waals surface area contributed by atoms with Gasteiger partial charge in [0.15, 0.2) is 0 Å². The molecular formula is C22H19N3O2. The van der Waals surface area contributed by atoms with Crippen molar-refractivity contribution in [2.24, 2.45) is 0 Å². The maximum Gasteiger partial charge on any atom is 0.227 e. The van der Waals surface area contributed by atoms with Gasteiger partial charge in [0.25, 0.3) is 0 Å². The molecule has 0 spiro atoms. The Morgan fingerprint density at radius 2 is 1.96 bits per heavy atom. The van der Waals surface area contributed by atoms with Gasteiger partial charge in [-0.1, -0.05) is 24.3 Å². The maximum atomic E-state index is 12.4. The molecule has 27 heavy (non-hydrogen) atoms. The number of nitrogens with zero attached hydrogens (tertiary/aromatic N) is 2. The van der Waals surface area contributed by atoms with Gasteiger partial charge in [0.1, 0.15) is 0 Å². The van der Waals surface area contributed by atoms with E-state index in [9.17, 15) is 9.59 Å². The number of amides is 2. The third-order valence-corrected chi connectivity index (χ3v) is 5.47. The van der Waals surface area contributed by atoms with E-state index in [1.807, 2.05) is 48.7 Å². The third-order valence-electron chi connectivity index (χ3n) is 5.47. The molecule has 5 heteroatoms. The summed E-state index contributed by atoms with van der Waals surface area (Å²) in [6.45, 7) is 0.740. The van der Waals surface area contributed by atoms with Gasteiger partial charge in [-0.25, -0.2) is 0 Å². The Labute approximate surface area is 157 Å². The van der Waals surface area contributed by atoms with Gasteiger partial charge in [0.2, 0.25) is 11.8 Å². The summed E-state index contributed by atoms with van der Waals surface area (Å²) in [5.41, 5.74) is 4.71. The number of carbonyl (C=O) groups is 2. The van der Waals surface area contributed by atoms with E-state index in [1.165, 1.54) is 0 Å². The van der Waals surface area contributed by atoms with Gasteiger partial charge in [-0.15, -0.1) is 0 Å². The number of hydrogen-bond donors (Lipinski definition) is 1. The third kappa shape index (κ3) is 2.76. The molecule has 2 aliphatic rings. The monoisotopic (exact) mass is 357 g/mol. The molecule has 134 valence electrons. The fourth-order valence-electron chi connectivity index (χ4n) is 4.12. The van der Waals surface area contributed by atoms with Crippen LogP contribution in [0.25, 0.3) is 10.9 Å². The van der Waals surface area contributed by atoms with Crippen LogP contribution in [0.2, 0.25) is 0 Å². The van der Waals surface area contributed by atoms with Crippen molar-refractivity contribution >= 4 is 34.1 Å². The molecular weight excluding hydrogens is 338 g/mol. The molecule has 5 nitrogen and oxygen atoms in total. The van der Waals surface area contributed by atoms with Gasteiger partial charge >= 0.3 is 0 Å². The van der Waals surface area contributed by atoms with Gasteiger partial charge in [-0.2, -0.15) is 0 Å². The molecule has 0 saturated carbocycles. The minimum absolute atomic E-state index is 0.00874. The SMILES string of the molecule is O=C1CC(c2cnc3ccccc3c2)c2ccc(N3CCCC3=O)cc2N1. The minimum Gasteiger partial charge on any atom is -0.326 e. The van der Waals surface area contributed by atoms with Crippen molar-refractivity contribution in [1.82, 2.24) is 4.98 Å². The Morgan fingerprint density at radius 1 is 1.07 bits per heavy atom. The number of benzene rings is 2. The van der Waals surface area contributed by atoms with E-state index in [2.05, 4.69) is 16.4 Å². The topological polar surface area (TPSA) is 62.3 Å². The molecule has 1 fully saturated rings. The second-order valence-corrected chi connectivity index (χ2v) is 7.19. The Balaban J connectivity index is 1.57. The van der Waals surface area contributed by atoms with E-state index in [0.717, 1.165) is 46.4 Å². The van der Waals surface area contributed by atoms with Gasteiger partial charge in [-0.05, 0) is 41.8 Å². The fraction of sp³-hybridized carbons (Fsp3) is 0.227. The lowest BCUT2D eigenvalue weighted by Gasteiger charge is -2.27. The smallest absolute Gasteiger partial charge is 0.227 e. The minimum atomic E-state index is -0.0332. The largest absolute Gasteiger partial charge is 0.326 e. The second kappa shape index (κ2) is 6.20. The zero-order valence-corrected chi connectivity index (χ0v) is 14.8. The van der Waals surface area contributed by atoms with Crippen molar-refractivity contribution in [1.29, 1.82) is 0 Å². The average molecular weight is 357 g/mol. The zero-order valence-electron chi connectivity index (χ0n) is 14.8. The van der Waals surface area contributed by atoms with Crippen LogP contribution in [-0.4, -0.2) is 23.3 Å². The Kier molecular flexibility index (Phi) is 3.67. The predicted octanol–water partition coefficient (Wildman–Crippen LogP) is 3.84. The number of aromatic nitrogens is 1. The number of fused-ring (bicyclic) bond motifs is 2. The van der Waals surface area contributed by atoms with Crippen LogP contribution in [0.1, 0.15) is 36.3 Å². The number of hydrogen-bond acceptors (Lipinski definition) is 3. The number of rotatable bonds is 2. The number of anilines is 2. The lowest BCUT2D eigenvalue weighted by atomic mass is 9.85. The van der Waals surface area contributed by atoms with Crippen LogP contribution in [0.3, 0.4) is 0 Å². The average Bonchev–Trinajstić information content (AvgIpc) is 3.12. The van der Waals surface area contributed by atoms with Crippen molar-refractivity contribution in [3.63, 3.8) is 0 Å². The standard InChI is InChI=1S/C22H19N3O2/c26-21-12-18(15-10-14-4-1-2-5-19(14)23-13-15)17-8-7-16(11-20(17)24-21)25-9-3-6-22(25)27/h1-2,4-5,7-8,10-11,13,18H,3,6,9,12H2,(H,24,26).